The third-order valence-electron chi connectivity index (χ3n) is 2.56. The molecule has 0 aromatic heterocycles. The lowest BCUT2D eigenvalue weighted by atomic mass is 9.95. The Morgan fingerprint density at radius 1 is 1.47 bits per heavy atom. The predicted octanol–water partition coefficient (Wildman–Crippen LogP) is 3.69. The van der Waals surface area contributed by atoms with E-state index in [-0.39, 0.29) is 11.6 Å². The molecule has 0 N–H and O–H groups in total. The number of carbonyl (C=O) groups is 1. The van der Waals surface area contributed by atoms with Gasteiger partial charge in [-0.2, -0.15) is 0 Å². The number of hydrogen-bond acceptors (Lipinski definition) is 2. The molecule has 0 amide bonds. The molecule has 0 saturated carbocycles. The van der Waals surface area contributed by atoms with E-state index >= 15 is 0 Å². The standard InChI is InChI=1S/C11H10ClFOS/c1-11(2)10(14)9-6(5-15-11)8(13)4-3-7(9)12/h3-4H,5H2,1-2H3. The molecule has 0 aliphatic carbocycles. The highest BCUT2D eigenvalue weighted by Gasteiger charge is 2.37. The third-order valence-corrected chi connectivity index (χ3v) is 4.21. The molecule has 0 bridgehead atoms. The predicted molar refractivity (Wildman–Crippen MR) is 61.1 cm³/mol. The van der Waals surface area contributed by atoms with Crippen molar-refractivity contribution in [3.8, 4) is 0 Å². The van der Waals surface area contributed by atoms with Crippen LogP contribution in [0, 0.1) is 5.82 Å². The average molecular weight is 245 g/mol. The second-order valence-electron chi connectivity index (χ2n) is 4.01. The van der Waals surface area contributed by atoms with Crippen molar-refractivity contribution in [1.29, 1.82) is 0 Å². The van der Waals surface area contributed by atoms with Crippen LogP contribution in [0.4, 0.5) is 4.39 Å². The van der Waals surface area contributed by atoms with E-state index in [0.717, 1.165) is 0 Å². The Bertz CT molecular complexity index is 442. The highest BCUT2D eigenvalue weighted by atomic mass is 35.5. The van der Waals surface area contributed by atoms with E-state index in [2.05, 4.69) is 0 Å². The molecule has 0 spiro atoms. The first kappa shape index (κ1) is 11.0. The van der Waals surface area contributed by atoms with Crippen molar-refractivity contribution in [1.82, 2.24) is 0 Å². The van der Waals surface area contributed by atoms with E-state index in [4.69, 9.17) is 11.6 Å². The van der Waals surface area contributed by atoms with Crippen molar-refractivity contribution in [3.63, 3.8) is 0 Å². The number of halogens is 2. The van der Waals surface area contributed by atoms with E-state index in [0.29, 0.717) is 21.9 Å². The average Bonchev–Trinajstić information content (AvgIpc) is 2.16. The van der Waals surface area contributed by atoms with Gasteiger partial charge in [-0.15, -0.1) is 11.8 Å². The molecule has 0 radical (unpaired) electrons. The van der Waals surface area contributed by atoms with Crippen molar-refractivity contribution in [3.05, 3.63) is 34.1 Å². The molecule has 1 heterocycles. The van der Waals surface area contributed by atoms with Crippen LogP contribution in [0.1, 0.15) is 29.8 Å². The minimum atomic E-state index is -0.509. The van der Waals surface area contributed by atoms with Gasteiger partial charge in [-0.05, 0) is 26.0 Å². The quantitative estimate of drug-likeness (QED) is 0.693. The van der Waals surface area contributed by atoms with Gasteiger partial charge in [0.05, 0.1) is 9.77 Å². The molecule has 4 heteroatoms. The van der Waals surface area contributed by atoms with Crippen molar-refractivity contribution < 1.29 is 9.18 Å². The van der Waals surface area contributed by atoms with Crippen LogP contribution in [0.25, 0.3) is 0 Å². The fourth-order valence-electron chi connectivity index (χ4n) is 1.60. The molecule has 1 aliphatic heterocycles. The molecule has 0 unspecified atom stereocenters. The first-order chi connectivity index (χ1) is 6.93. The lowest BCUT2D eigenvalue weighted by Gasteiger charge is -2.29. The van der Waals surface area contributed by atoms with Gasteiger partial charge < -0.3 is 0 Å². The second-order valence-corrected chi connectivity index (χ2v) is 6.02. The van der Waals surface area contributed by atoms with Gasteiger partial charge in [-0.25, -0.2) is 4.39 Å². The Morgan fingerprint density at radius 2 is 2.13 bits per heavy atom. The number of carbonyl (C=O) groups excluding carboxylic acids is 1. The summed E-state index contributed by atoms with van der Waals surface area (Å²) in [7, 11) is 0. The SMILES string of the molecule is CC1(C)SCc2c(F)ccc(Cl)c2C1=O. The molecular formula is C11H10ClFOS. The fourth-order valence-corrected chi connectivity index (χ4v) is 2.88. The first-order valence-corrected chi connectivity index (χ1v) is 5.95. The minimum Gasteiger partial charge on any atom is -0.293 e. The van der Waals surface area contributed by atoms with Crippen LogP contribution in [0.15, 0.2) is 12.1 Å². The Hall–Kier alpha value is -0.540. The van der Waals surface area contributed by atoms with E-state index in [1.165, 1.54) is 23.9 Å². The first-order valence-electron chi connectivity index (χ1n) is 4.59. The van der Waals surface area contributed by atoms with Crippen LogP contribution in [-0.2, 0) is 5.75 Å². The Morgan fingerprint density at radius 3 is 2.80 bits per heavy atom. The van der Waals surface area contributed by atoms with E-state index in [9.17, 15) is 9.18 Å². The van der Waals surface area contributed by atoms with Gasteiger partial charge in [0, 0.05) is 16.9 Å². The van der Waals surface area contributed by atoms with Crippen molar-refractivity contribution >= 4 is 29.1 Å². The number of ketones is 1. The minimum absolute atomic E-state index is 0.0850. The van der Waals surface area contributed by atoms with E-state index < -0.39 is 4.75 Å². The van der Waals surface area contributed by atoms with Gasteiger partial charge in [0.25, 0.3) is 0 Å². The zero-order valence-corrected chi connectivity index (χ0v) is 10.0. The molecule has 1 aromatic rings. The summed E-state index contributed by atoms with van der Waals surface area (Å²) < 4.78 is 12.9. The maximum Gasteiger partial charge on any atom is 0.180 e. The van der Waals surface area contributed by atoms with Crippen LogP contribution in [0.3, 0.4) is 0 Å². The number of hydrogen-bond donors (Lipinski definition) is 0. The summed E-state index contributed by atoms with van der Waals surface area (Å²) in [6, 6.07) is 2.76. The van der Waals surface area contributed by atoms with Gasteiger partial charge in [-0.3, -0.25) is 4.79 Å². The molecule has 80 valence electrons. The topological polar surface area (TPSA) is 17.1 Å². The molecule has 0 fully saturated rings. The molecule has 15 heavy (non-hydrogen) atoms. The molecular weight excluding hydrogens is 235 g/mol. The normalized spacial score (nSPS) is 18.8. The van der Waals surface area contributed by atoms with Crippen molar-refractivity contribution in [2.45, 2.75) is 24.3 Å². The zero-order valence-electron chi connectivity index (χ0n) is 8.43. The summed E-state index contributed by atoms with van der Waals surface area (Å²) in [6.07, 6.45) is 0. The molecule has 2 rings (SSSR count). The van der Waals surface area contributed by atoms with Crippen molar-refractivity contribution in [2.75, 3.05) is 0 Å². The lowest BCUT2D eigenvalue weighted by Crippen LogP contribution is -2.33. The van der Waals surface area contributed by atoms with Gasteiger partial charge >= 0.3 is 0 Å². The molecule has 1 aromatic carbocycles. The van der Waals surface area contributed by atoms with E-state index in [1.807, 2.05) is 13.8 Å². The zero-order chi connectivity index (χ0) is 11.2. The fraction of sp³-hybridized carbons (Fsp3) is 0.364. The molecule has 0 saturated heterocycles. The van der Waals surface area contributed by atoms with Crippen LogP contribution in [0.2, 0.25) is 5.02 Å². The smallest absolute Gasteiger partial charge is 0.180 e. The summed E-state index contributed by atoms with van der Waals surface area (Å²) in [5, 5.41) is 0.352. The summed E-state index contributed by atoms with van der Waals surface area (Å²) >= 11 is 7.39. The van der Waals surface area contributed by atoms with Gasteiger partial charge in [0.1, 0.15) is 5.82 Å². The van der Waals surface area contributed by atoms with Crippen LogP contribution >= 0.6 is 23.4 Å². The number of rotatable bonds is 0. The maximum atomic E-state index is 13.5. The molecule has 0 atom stereocenters. The summed E-state index contributed by atoms with van der Waals surface area (Å²) in [5.41, 5.74) is 0.803. The Kier molecular flexibility index (Phi) is 2.55. The largest absolute Gasteiger partial charge is 0.293 e. The highest BCUT2D eigenvalue weighted by molar-refractivity contribution is 8.00. The number of thioether (sulfide) groups is 1. The number of benzene rings is 1. The summed E-state index contributed by atoms with van der Waals surface area (Å²) in [6.45, 7) is 3.67. The van der Waals surface area contributed by atoms with Gasteiger partial charge in [0.15, 0.2) is 5.78 Å². The molecule has 1 aliphatic rings. The van der Waals surface area contributed by atoms with Crippen LogP contribution in [0.5, 0.6) is 0 Å². The Labute approximate surface area is 97.0 Å². The van der Waals surface area contributed by atoms with Gasteiger partial charge in [0.2, 0.25) is 0 Å². The Balaban J connectivity index is 2.66. The van der Waals surface area contributed by atoms with Crippen LogP contribution < -0.4 is 0 Å². The second kappa shape index (κ2) is 3.49. The maximum absolute atomic E-state index is 13.5. The van der Waals surface area contributed by atoms with Crippen molar-refractivity contribution in [2.24, 2.45) is 0 Å². The third kappa shape index (κ3) is 1.68. The number of Topliss-reactive ketones (excluding diaryl/α,β-unsaturated/α-hetero) is 1. The van der Waals surface area contributed by atoms with Gasteiger partial charge in [-0.1, -0.05) is 11.6 Å². The highest BCUT2D eigenvalue weighted by Crippen LogP contribution is 2.41. The summed E-state index contributed by atoms with van der Waals surface area (Å²) in [5.74, 6) is 0.0736. The van der Waals surface area contributed by atoms with E-state index in [1.54, 1.807) is 0 Å². The summed E-state index contributed by atoms with van der Waals surface area (Å²) in [4.78, 5) is 12.0. The van der Waals surface area contributed by atoms with Crippen LogP contribution in [-0.4, -0.2) is 10.5 Å². The monoisotopic (exact) mass is 244 g/mol. The molecule has 1 nitrogen and oxygen atoms in total. The lowest BCUT2D eigenvalue weighted by molar-refractivity contribution is 0.0954. The number of fused-ring (bicyclic) bond motifs is 1.